The fourth-order valence-electron chi connectivity index (χ4n) is 2.71. The normalized spacial score (nSPS) is 15.2. The van der Waals surface area contributed by atoms with Crippen LogP contribution >= 0.6 is 0 Å². The number of nitrogens with zero attached hydrogens (tertiary/aromatic N) is 2. The Morgan fingerprint density at radius 2 is 1.69 bits per heavy atom. The van der Waals surface area contributed by atoms with Crippen LogP contribution in [0.4, 0.5) is 5.69 Å². The Hall–Kier alpha value is -3.80. The van der Waals surface area contributed by atoms with Gasteiger partial charge in [0.1, 0.15) is 0 Å². The van der Waals surface area contributed by atoms with E-state index in [9.17, 15) is 14.9 Å². The number of ether oxygens (including phenoxy) is 1. The lowest BCUT2D eigenvalue weighted by Gasteiger charge is -1.99. The first-order valence-corrected chi connectivity index (χ1v) is 7.86. The van der Waals surface area contributed by atoms with Crippen molar-refractivity contribution in [3.05, 3.63) is 93.7 Å². The summed E-state index contributed by atoms with van der Waals surface area (Å²) >= 11 is 0. The smallest absolute Gasteiger partial charge is 0.363 e. The second-order valence-corrected chi connectivity index (χ2v) is 5.75. The number of fused-ring (bicyclic) bond motifs is 1. The predicted molar refractivity (Wildman–Crippen MR) is 97.7 cm³/mol. The van der Waals surface area contributed by atoms with Crippen LogP contribution in [0.5, 0.6) is 0 Å². The summed E-state index contributed by atoms with van der Waals surface area (Å²) in [7, 11) is 0. The predicted octanol–water partition coefficient (Wildman–Crippen LogP) is 4.09. The van der Waals surface area contributed by atoms with Crippen LogP contribution in [0.15, 0.2) is 77.4 Å². The Bertz CT molecular complexity index is 1100. The summed E-state index contributed by atoms with van der Waals surface area (Å²) < 4.78 is 5.19. The van der Waals surface area contributed by atoms with E-state index in [1.165, 1.54) is 24.3 Å². The molecule has 0 fully saturated rings. The molecule has 0 bridgehead atoms. The van der Waals surface area contributed by atoms with Crippen LogP contribution in [0, 0.1) is 10.1 Å². The number of esters is 1. The zero-order valence-corrected chi connectivity index (χ0v) is 13.5. The highest BCUT2D eigenvalue weighted by atomic mass is 16.6. The second kappa shape index (κ2) is 6.25. The summed E-state index contributed by atoms with van der Waals surface area (Å²) in [5, 5.41) is 12.9. The fraction of sp³-hybridized carbons (Fsp3) is 0. The lowest BCUT2D eigenvalue weighted by Crippen LogP contribution is -2.05. The van der Waals surface area contributed by atoms with E-state index in [4.69, 9.17) is 4.74 Å². The maximum atomic E-state index is 12.1. The third-order valence-corrected chi connectivity index (χ3v) is 4.02. The van der Waals surface area contributed by atoms with Crippen molar-refractivity contribution in [3.63, 3.8) is 0 Å². The largest absolute Gasteiger partial charge is 0.402 e. The van der Waals surface area contributed by atoms with Gasteiger partial charge in [-0.25, -0.2) is 9.79 Å². The van der Waals surface area contributed by atoms with Gasteiger partial charge in [-0.15, -0.1) is 0 Å². The molecule has 0 atom stereocenters. The maximum absolute atomic E-state index is 12.1. The van der Waals surface area contributed by atoms with Gasteiger partial charge in [0, 0.05) is 17.7 Å². The van der Waals surface area contributed by atoms with Gasteiger partial charge in [-0.2, -0.15) is 0 Å². The van der Waals surface area contributed by atoms with Crippen molar-refractivity contribution in [2.45, 2.75) is 0 Å². The zero-order chi connectivity index (χ0) is 18.1. The van der Waals surface area contributed by atoms with Gasteiger partial charge in [-0.1, -0.05) is 36.4 Å². The van der Waals surface area contributed by atoms with E-state index < -0.39 is 10.9 Å². The highest BCUT2D eigenvalue weighted by molar-refractivity contribution is 6.13. The Balaban J connectivity index is 1.66. The first-order chi connectivity index (χ1) is 12.6. The van der Waals surface area contributed by atoms with Gasteiger partial charge in [0.15, 0.2) is 5.70 Å². The van der Waals surface area contributed by atoms with Crippen molar-refractivity contribution in [1.82, 2.24) is 0 Å². The molecule has 1 heterocycles. The van der Waals surface area contributed by atoms with Gasteiger partial charge >= 0.3 is 5.97 Å². The SMILES string of the molecule is O=C1OC(c2ccc([N+](=O)[O-])cc2)=NC1=Cc1ccc2ccccc2c1. The Labute approximate surface area is 148 Å². The number of carbonyl (C=O) groups is 1. The molecule has 0 spiro atoms. The molecule has 1 aliphatic rings. The monoisotopic (exact) mass is 344 g/mol. The van der Waals surface area contributed by atoms with E-state index in [0.717, 1.165) is 16.3 Å². The van der Waals surface area contributed by atoms with Crippen LogP contribution in [0.1, 0.15) is 11.1 Å². The van der Waals surface area contributed by atoms with E-state index in [2.05, 4.69) is 4.99 Å². The van der Waals surface area contributed by atoms with Crippen molar-refractivity contribution < 1.29 is 14.5 Å². The number of hydrogen-bond acceptors (Lipinski definition) is 5. The van der Waals surface area contributed by atoms with Crippen molar-refractivity contribution in [2.75, 3.05) is 0 Å². The number of cyclic esters (lactones) is 1. The number of hydrogen-bond donors (Lipinski definition) is 0. The number of nitro groups is 1. The molecule has 0 saturated heterocycles. The quantitative estimate of drug-likeness (QED) is 0.310. The first kappa shape index (κ1) is 15.7. The first-order valence-electron chi connectivity index (χ1n) is 7.86. The van der Waals surface area contributed by atoms with Crippen molar-refractivity contribution in [1.29, 1.82) is 0 Å². The average Bonchev–Trinajstić information content (AvgIpc) is 3.02. The van der Waals surface area contributed by atoms with Crippen molar-refractivity contribution in [2.24, 2.45) is 4.99 Å². The minimum Gasteiger partial charge on any atom is -0.402 e. The molecule has 3 aromatic carbocycles. The fourth-order valence-corrected chi connectivity index (χ4v) is 2.71. The molecule has 0 aliphatic carbocycles. The molecule has 6 heteroatoms. The summed E-state index contributed by atoms with van der Waals surface area (Å²) in [6.45, 7) is 0. The molecule has 0 radical (unpaired) electrons. The van der Waals surface area contributed by atoms with Crippen LogP contribution in [0.25, 0.3) is 16.8 Å². The number of nitro benzene ring substituents is 1. The lowest BCUT2D eigenvalue weighted by atomic mass is 10.1. The third-order valence-electron chi connectivity index (χ3n) is 4.02. The summed E-state index contributed by atoms with van der Waals surface area (Å²) in [5.41, 5.74) is 1.49. The van der Waals surface area contributed by atoms with Gasteiger partial charge in [0.25, 0.3) is 5.69 Å². The highest BCUT2D eigenvalue weighted by Gasteiger charge is 2.24. The minimum atomic E-state index is -0.550. The lowest BCUT2D eigenvalue weighted by molar-refractivity contribution is -0.384. The number of carbonyl (C=O) groups excluding carboxylic acids is 1. The number of rotatable bonds is 3. The number of non-ortho nitro benzene ring substituents is 1. The van der Waals surface area contributed by atoms with Crippen molar-refractivity contribution >= 4 is 34.4 Å². The van der Waals surface area contributed by atoms with Crippen molar-refractivity contribution in [3.8, 4) is 0 Å². The van der Waals surface area contributed by atoms with Crippen LogP contribution in [-0.4, -0.2) is 16.8 Å². The molecular weight excluding hydrogens is 332 g/mol. The zero-order valence-electron chi connectivity index (χ0n) is 13.5. The van der Waals surface area contributed by atoms with Crippen LogP contribution in [0.3, 0.4) is 0 Å². The van der Waals surface area contributed by atoms with Gasteiger partial charge in [0.2, 0.25) is 5.90 Å². The minimum absolute atomic E-state index is 0.0365. The number of aliphatic imine (C=N–C) groups is 1. The Kier molecular flexibility index (Phi) is 3.78. The van der Waals surface area contributed by atoms with Gasteiger partial charge in [-0.3, -0.25) is 10.1 Å². The summed E-state index contributed by atoms with van der Waals surface area (Å²) in [6, 6.07) is 19.5. The second-order valence-electron chi connectivity index (χ2n) is 5.75. The molecular formula is C20H12N2O4. The molecule has 0 saturated carbocycles. The molecule has 0 aromatic heterocycles. The molecule has 126 valence electrons. The molecule has 1 aliphatic heterocycles. The number of benzene rings is 3. The van der Waals surface area contributed by atoms with E-state index in [1.54, 1.807) is 6.08 Å². The molecule has 0 unspecified atom stereocenters. The van der Waals surface area contributed by atoms with E-state index in [1.807, 2.05) is 42.5 Å². The van der Waals surface area contributed by atoms with E-state index in [-0.39, 0.29) is 17.3 Å². The molecule has 3 aromatic rings. The summed E-state index contributed by atoms with van der Waals surface area (Å²) in [5.74, 6) is -0.413. The van der Waals surface area contributed by atoms with Gasteiger partial charge < -0.3 is 4.74 Å². The molecule has 6 nitrogen and oxygen atoms in total. The summed E-state index contributed by atoms with van der Waals surface area (Å²) in [4.78, 5) is 26.5. The van der Waals surface area contributed by atoms with E-state index >= 15 is 0 Å². The molecule has 0 N–H and O–H groups in total. The average molecular weight is 344 g/mol. The van der Waals surface area contributed by atoms with Crippen LogP contribution < -0.4 is 0 Å². The molecule has 26 heavy (non-hydrogen) atoms. The van der Waals surface area contributed by atoms with Crippen LogP contribution in [-0.2, 0) is 9.53 Å². The van der Waals surface area contributed by atoms with Gasteiger partial charge in [0.05, 0.1) is 4.92 Å². The Morgan fingerprint density at radius 3 is 2.42 bits per heavy atom. The molecule has 4 rings (SSSR count). The molecule has 0 amide bonds. The Morgan fingerprint density at radius 1 is 0.962 bits per heavy atom. The standard InChI is InChI=1S/C20H12N2O4/c23-20-18(12-13-5-6-14-3-1-2-4-16(14)11-13)21-19(26-20)15-7-9-17(10-8-15)22(24)25/h1-12H. The maximum Gasteiger partial charge on any atom is 0.363 e. The van der Waals surface area contributed by atoms with Gasteiger partial charge in [-0.05, 0) is 40.6 Å². The van der Waals surface area contributed by atoms with Crippen LogP contribution in [0.2, 0.25) is 0 Å². The summed E-state index contributed by atoms with van der Waals surface area (Å²) in [6.07, 6.45) is 1.66. The van der Waals surface area contributed by atoms with E-state index in [0.29, 0.717) is 5.56 Å². The topological polar surface area (TPSA) is 81.8 Å². The highest BCUT2D eigenvalue weighted by Crippen LogP contribution is 2.22. The third kappa shape index (κ3) is 2.95.